The summed E-state index contributed by atoms with van der Waals surface area (Å²) in [5.41, 5.74) is 1.39. The smallest absolute Gasteiger partial charge is 0.250 e. The van der Waals surface area contributed by atoms with Gasteiger partial charge >= 0.3 is 0 Å². The molecule has 156 valence electrons. The number of fused-ring (bicyclic) bond motifs is 2. The second-order valence-corrected chi connectivity index (χ2v) is 8.86. The van der Waals surface area contributed by atoms with Crippen molar-refractivity contribution >= 4 is 17.5 Å². The zero-order valence-electron chi connectivity index (χ0n) is 17.1. The molecule has 0 radical (unpaired) electrons. The highest BCUT2D eigenvalue weighted by atomic mass is 16.2. The number of hydrogen-bond acceptors (Lipinski definition) is 3. The molecule has 0 N–H and O–H groups in total. The van der Waals surface area contributed by atoms with Crippen molar-refractivity contribution in [3.05, 3.63) is 64.6 Å². The third-order valence-electron chi connectivity index (χ3n) is 7.12. The van der Waals surface area contributed by atoms with Crippen LogP contribution in [-0.4, -0.2) is 40.9 Å². The van der Waals surface area contributed by atoms with Crippen molar-refractivity contribution in [2.45, 2.75) is 44.1 Å². The van der Waals surface area contributed by atoms with E-state index >= 15 is 0 Å². The number of pyridine rings is 1. The largest absolute Gasteiger partial charge is 0.341 e. The fourth-order valence-electron chi connectivity index (χ4n) is 5.15. The molecule has 2 fully saturated rings. The number of likely N-dealkylation sites (tertiary alicyclic amines) is 1. The number of carbonyl (C=O) groups excluding carboxylic acids is 2. The SMILES string of the molecule is O=C(CCn1ccccc1=O)N1CCC2(C1)C(=O)N(CC1CCC1)c1ccccc12. The summed E-state index contributed by atoms with van der Waals surface area (Å²) in [6.07, 6.45) is 6.29. The van der Waals surface area contributed by atoms with Crippen molar-refractivity contribution in [3.63, 3.8) is 0 Å². The average molecular weight is 405 g/mol. The second kappa shape index (κ2) is 7.42. The Bertz CT molecular complexity index is 1040. The summed E-state index contributed by atoms with van der Waals surface area (Å²) in [5.74, 6) is 0.760. The van der Waals surface area contributed by atoms with Crippen LogP contribution in [0.1, 0.15) is 37.7 Å². The first kappa shape index (κ1) is 19.1. The number of aryl methyl sites for hydroxylation is 1. The minimum Gasteiger partial charge on any atom is -0.341 e. The van der Waals surface area contributed by atoms with Crippen molar-refractivity contribution in [3.8, 4) is 0 Å². The molecule has 30 heavy (non-hydrogen) atoms. The molecule has 6 nitrogen and oxygen atoms in total. The molecule has 1 atom stereocenters. The zero-order chi connectivity index (χ0) is 20.7. The van der Waals surface area contributed by atoms with Crippen LogP contribution in [0.3, 0.4) is 0 Å². The Balaban J connectivity index is 1.33. The molecular formula is C24H27N3O3. The van der Waals surface area contributed by atoms with Gasteiger partial charge in [-0.1, -0.05) is 30.7 Å². The lowest BCUT2D eigenvalue weighted by atomic mass is 9.81. The molecule has 2 amide bonds. The van der Waals surface area contributed by atoms with Crippen molar-refractivity contribution in [1.82, 2.24) is 9.47 Å². The van der Waals surface area contributed by atoms with E-state index in [1.165, 1.54) is 25.3 Å². The Labute approximate surface area is 176 Å². The zero-order valence-corrected chi connectivity index (χ0v) is 17.1. The maximum Gasteiger partial charge on any atom is 0.250 e. The van der Waals surface area contributed by atoms with E-state index in [9.17, 15) is 14.4 Å². The molecule has 3 aliphatic rings. The van der Waals surface area contributed by atoms with Crippen LogP contribution in [0.5, 0.6) is 0 Å². The first-order valence-corrected chi connectivity index (χ1v) is 10.9. The second-order valence-electron chi connectivity index (χ2n) is 8.86. The summed E-state index contributed by atoms with van der Waals surface area (Å²) in [5, 5.41) is 0. The lowest BCUT2D eigenvalue weighted by Gasteiger charge is -2.31. The monoisotopic (exact) mass is 405 g/mol. The molecule has 1 aromatic carbocycles. The van der Waals surface area contributed by atoms with Crippen molar-refractivity contribution in [2.24, 2.45) is 5.92 Å². The number of nitrogens with zero attached hydrogens (tertiary/aromatic N) is 3. The van der Waals surface area contributed by atoms with E-state index in [-0.39, 0.29) is 23.8 Å². The molecule has 1 unspecified atom stereocenters. The van der Waals surface area contributed by atoms with Crippen LogP contribution in [0.25, 0.3) is 0 Å². The van der Waals surface area contributed by atoms with Crippen LogP contribution >= 0.6 is 0 Å². The molecule has 0 bridgehead atoms. The molecule has 1 saturated carbocycles. The Morgan fingerprint density at radius 3 is 2.63 bits per heavy atom. The van der Waals surface area contributed by atoms with Crippen molar-refractivity contribution in [2.75, 3.05) is 24.5 Å². The molecular weight excluding hydrogens is 378 g/mol. The van der Waals surface area contributed by atoms with Gasteiger partial charge in [-0.3, -0.25) is 14.4 Å². The third-order valence-corrected chi connectivity index (χ3v) is 7.12. The van der Waals surface area contributed by atoms with Gasteiger partial charge in [-0.25, -0.2) is 0 Å². The Kier molecular flexibility index (Phi) is 4.72. The summed E-state index contributed by atoms with van der Waals surface area (Å²) < 4.78 is 1.56. The van der Waals surface area contributed by atoms with Crippen LogP contribution < -0.4 is 10.5 Å². The van der Waals surface area contributed by atoms with Gasteiger partial charge in [0.2, 0.25) is 11.8 Å². The van der Waals surface area contributed by atoms with Crippen LogP contribution in [0, 0.1) is 5.92 Å². The van der Waals surface area contributed by atoms with Crippen LogP contribution in [0.15, 0.2) is 53.5 Å². The maximum absolute atomic E-state index is 13.6. The van der Waals surface area contributed by atoms with Crippen LogP contribution in [0.4, 0.5) is 5.69 Å². The summed E-state index contributed by atoms with van der Waals surface area (Å²) in [4.78, 5) is 42.2. The highest BCUT2D eigenvalue weighted by Gasteiger charge is 2.55. The number of anilines is 1. The predicted molar refractivity (Wildman–Crippen MR) is 114 cm³/mol. The normalized spacial score (nSPS) is 23.1. The molecule has 1 saturated heterocycles. The van der Waals surface area contributed by atoms with Gasteiger partial charge in [0.15, 0.2) is 0 Å². The lowest BCUT2D eigenvalue weighted by Crippen LogP contribution is -2.45. The minimum absolute atomic E-state index is 0.00496. The number of carbonyl (C=O) groups is 2. The number of hydrogen-bond donors (Lipinski definition) is 0. The van der Waals surface area contributed by atoms with E-state index < -0.39 is 5.41 Å². The van der Waals surface area contributed by atoms with Crippen LogP contribution in [0.2, 0.25) is 0 Å². The number of aromatic nitrogens is 1. The van der Waals surface area contributed by atoms with E-state index in [1.54, 1.807) is 22.9 Å². The van der Waals surface area contributed by atoms with Gasteiger partial charge < -0.3 is 14.4 Å². The summed E-state index contributed by atoms with van der Waals surface area (Å²) in [7, 11) is 0. The van der Waals surface area contributed by atoms with Crippen LogP contribution in [-0.2, 0) is 21.5 Å². The summed E-state index contributed by atoms with van der Waals surface area (Å²) >= 11 is 0. The fraction of sp³-hybridized carbons (Fsp3) is 0.458. The lowest BCUT2D eigenvalue weighted by molar-refractivity contribution is -0.131. The highest BCUT2D eigenvalue weighted by Crippen LogP contribution is 2.48. The fourth-order valence-corrected chi connectivity index (χ4v) is 5.15. The molecule has 1 aromatic heterocycles. The molecule has 5 rings (SSSR count). The third kappa shape index (κ3) is 3.06. The number of rotatable bonds is 5. The van der Waals surface area contributed by atoms with E-state index in [1.807, 2.05) is 28.0 Å². The quantitative estimate of drug-likeness (QED) is 0.768. The highest BCUT2D eigenvalue weighted by molar-refractivity contribution is 6.09. The maximum atomic E-state index is 13.6. The number of amides is 2. The molecule has 1 aliphatic carbocycles. The first-order chi connectivity index (χ1) is 14.6. The van der Waals surface area contributed by atoms with E-state index in [2.05, 4.69) is 6.07 Å². The minimum atomic E-state index is -0.612. The van der Waals surface area contributed by atoms with Crippen molar-refractivity contribution < 1.29 is 9.59 Å². The van der Waals surface area contributed by atoms with Gasteiger partial charge in [-0.15, -0.1) is 0 Å². The van der Waals surface area contributed by atoms with E-state index in [0.717, 1.165) is 17.8 Å². The van der Waals surface area contributed by atoms with Gasteiger partial charge in [-0.05, 0) is 42.9 Å². The molecule has 2 aromatic rings. The first-order valence-electron chi connectivity index (χ1n) is 10.9. The Hall–Kier alpha value is -2.89. The van der Waals surface area contributed by atoms with Gasteiger partial charge in [0, 0.05) is 50.6 Å². The molecule has 2 aliphatic heterocycles. The number of benzene rings is 1. The van der Waals surface area contributed by atoms with Gasteiger partial charge in [0.05, 0.1) is 5.41 Å². The van der Waals surface area contributed by atoms with E-state index in [4.69, 9.17) is 0 Å². The standard InChI is InChI=1S/C24H27N3O3/c28-21-10-3-4-13-25(21)14-11-22(29)26-15-12-24(17-26)19-8-1-2-9-20(19)27(23(24)30)16-18-6-5-7-18/h1-4,8-10,13,18H,5-7,11-12,14-17H2. The van der Waals surface area contributed by atoms with Crippen molar-refractivity contribution in [1.29, 1.82) is 0 Å². The topological polar surface area (TPSA) is 62.6 Å². The van der Waals surface area contributed by atoms with Gasteiger partial charge in [0.1, 0.15) is 0 Å². The number of para-hydroxylation sites is 1. The molecule has 6 heteroatoms. The van der Waals surface area contributed by atoms with Gasteiger partial charge in [0.25, 0.3) is 5.56 Å². The molecule has 3 heterocycles. The molecule has 1 spiro atoms. The predicted octanol–water partition coefficient (Wildman–Crippen LogP) is 2.56. The Morgan fingerprint density at radius 1 is 1.07 bits per heavy atom. The van der Waals surface area contributed by atoms with Gasteiger partial charge in [-0.2, -0.15) is 0 Å². The van der Waals surface area contributed by atoms with E-state index in [0.29, 0.717) is 32.0 Å². The summed E-state index contributed by atoms with van der Waals surface area (Å²) in [6.45, 7) is 2.18. The average Bonchev–Trinajstić information content (AvgIpc) is 3.27. The Morgan fingerprint density at radius 2 is 1.87 bits per heavy atom. The summed E-state index contributed by atoms with van der Waals surface area (Å²) in [6, 6.07) is 13.1.